The van der Waals surface area contributed by atoms with Gasteiger partial charge in [-0.05, 0) is 23.8 Å². The van der Waals surface area contributed by atoms with Crippen molar-refractivity contribution >= 4 is 26.7 Å². The Hall–Kier alpha value is -2.51. The smallest absolute Gasteiger partial charge is 0.231 e. The van der Waals surface area contributed by atoms with Gasteiger partial charge in [0.25, 0.3) is 0 Å². The monoisotopic (exact) mass is 370 g/mol. The lowest BCUT2D eigenvalue weighted by Crippen LogP contribution is -3.11. The quantitative estimate of drug-likeness (QED) is 0.740. The van der Waals surface area contributed by atoms with Gasteiger partial charge in [0, 0.05) is 6.42 Å². The molecule has 1 aromatic heterocycles. The zero-order valence-corrected chi connectivity index (χ0v) is 15.5. The molecule has 2 N–H and O–H groups in total. The van der Waals surface area contributed by atoms with E-state index in [1.165, 1.54) is 15.2 Å². The fourth-order valence-corrected chi connectivity index (χ4v) is 4.67. The Balaban J connectivity index is 1.59. The van der Waals surface area contributed by atoms with Gasteiger partial charge in [-0.25, -0.2) is 4.98 Å². The summed E-state index contributed by atoms with van der Waals surface area (Å²) in [6, 6.07) is 10.3. The molecule has 1 unspecified atom stereocenters. The number of ether oxygens (including phenoxy) is 3. The highest BCUT2D eigenvalue weighted by Gasteiger charge is 2.37. The van der Waals surface area contributed by atoms with Gasteiger partial charge >= 0.3 is 0 Å². The second-order valence-electron chi connectivity index (χ2n) is 6.63. The van der Waals surface area contributed by atoms with E-state index in [0.29, 0.717) is 5.75 Å². The number of aromatic nitrogens is 1. The lowest BCUT2D eigenvalue weighted by Gasteiger charge is -2.33. The van der Waals surface area contributed by atoms with Crippen molar-refractivity contribution in [2.75, 3.05) is 32.8 Å². The zero-order valence-electron chi connectivity index (χ0n) is 14.7. The highest BCUT2D eigenvalue weighted by atomic mass is 32.1. The van der Waals surface area contributed by atoms with Gasteiger partial charge in [0.05, 0.1) is 36.5 Å². The fraction of sp³-hybridized carbons (Fsp3) is 0.316. The molecule has 0 saturated heterocycles. The first-order chi connectivity index (χ1) is 12.7. The minimum atomic E-state index is 0.0452. The summed E-state index contributed by atoms with van der Waals surface area (Å²) >= 11 is 1.67. The average Bonchev–Trinajstić information content (AvgIpc) is 3.28. The number of quaternary nitrogens is 1. The van der Waals surface area contributed by atoms with Gasteiger partial charge in [-0.15, -0.1) is 0 Å². The Morgan fingerprint density at radius 1 is 1.31 bits per heavy atom. The number of rotatable bonds is 3. The molecule has 0 bridgehead atoms. The van der Waals surface area contributed by atoms with Crippen molar-refractivity contribution in [1.29, 1.82) is 0 Å². The van der Waals surface area contributed by atoms with Crippen molar-refractivity contribution in [3.05, 3.63) is 41.5 Å². The number of nitrogens with zero attached hydrogens (tertiary/aromatic N) is 1. The van der Waals surface area contributed by atoms with E-state index in [-0.39, 0.29) is 13.0 Å². The Bertz CT molecular complexity index is 955. The Morgan fingerprint density at radius 2 is 2.19 bits per heavy atom. The predicted octanol–water partition coefficient (Wildman–Crippen LogP) is 2.22. The molecule has 0 radical (unpaired) electrons. The van der Waals surface area contributed by atoms with Gasteiger partial charge in [0.1, 0.15) is 0 Å². The third-order valence-corrected chi connectivity index (χ3v) is 6.05. The number of benzene rings is 2. The highest BCUT2D eigenvalue weighted by Crippen LogP contribution is 2.47. The van der Waals surface area contributed by atoms with Crippen LogP contribution in [0.3, 0.4) is 0 Å². The van der Waals surface area contributed by atoms with Crippen molar-refractivity contribution in [2.24, 2.45) is 0 Å². The van der Waals surface area contributed by atoms with Gasteiger partial charge < -0.3 is 24.4 Å². The van der Waals surface area contributed by atoms with Crippen LogP contribution < -0.4 is 24.4 Å². The molecule has 3 aromatic rings. The molecule has 7 heteroatoms. The first kappa shape index (κ1) is 15.7. The summed E-state index contributed by atoms with van der Waals surface area (Å²) in [4.78, 5) is 6.11. The number of hydrogen-bond donors (Lipinski definition) is 2. The summed E-state index contributed by atoms with van der Waals surface area (Å²) in [6.07, 6.45) is 1.02. The maximum absolute atomic E-state index is 5.76. The van der Waals surface area contributed by atoms with Crippen LogP contribution >= 0.6 is 11.3 Å². The number of fused-ring (bicyclic) bond motifs is 3. The summed E-state index contributed by atoms with van der Waals surface area (Å²) in [6.45, 7) is 1.27. The number of likely N-dealkylation sites (N-methyl/N-ethyl adjacent to an activating group) is 1. The van der Waals surface area contributed by atoms with Crippen LogP contribution in [0.5, 0.6) is 17.2 Å². The topological polar surface area (TPSA) is 57.0 Å². The summed E-state index contributed by atoms with van der Waals surface area (Å²) in [5.74, 6) is 2.25. The first-order valence-electron chi connectivity index (χ1n) is 8.68. The molecule has 2 aliphatic heterocycles. The minimum Gasteiger partial charge on any atom is -0.492 e. The normalized spacial score (nSPS) is 20.8. The van der Waals surface area contributed by atoms with E-state index in [0.717, 1.165) is 40.7 Å². The molecule has 2 aliphatic rings. The third kappa shape index (κ3) is 2.39. The van der Waals surface area contributed by atoms with Crippen LogP contribution in [0.4, 0.5) is 5.13 Å². The van der Waals surface area contributed by atoms with Gasteiger partial charge in [-0.2, -0.15) is 0 Å². The van der Waals surface area contributed by atoms with Gasteiger partial charge in [-0.1, -0.05) is 23.5 Å². The molecule has 0 saturated carbocycles. The van der Waals surface area contributed by atoms with Crippen LogP contribution in [0.1, 0.15) is 17.3 Å². The van der Waals surface area contributed by atoms with Crippen LogP contribution in [0, 0.1) is 0 Å². The zero-order chi connectivity index (χ0) is 17.7. The molecule has 0 amide bonds. The van der Waals surface area contributed by atoms with Crippen LogP contribution in [0.25, 0.3) is 10.2 Å². The molecule has 134 valence electrons. The second kappa shape index (κ2) is 6.03. The molecule has 3 heterocycles. The van der Waals surface area contributed by atoms with Crippen molar-refractivity contribution < 1.29 is 19.1 Å². The molecule has 5 rings (SSSR count). The van der Waals surface area contributed by atoms with E-state index < -0.39 is 0 Å². The van der Waals surface area contributed by atoms with Gasteiger partial charge in [0.2, 0.25) is 12.5 Å². The highest BCUT2D eigenvalue weighted by molar-refractivity contribution is 7.22. The molecule has 6 nitrogen and oxygen atoms in total. The molecular weight excluding hydrogens is 350 g/mol. The van der Waals surface area contributed by atoms with Crippen molar-refractivity contribution in [2.45, 2.75) is 12.6 Å². The van der Waals surface area contributed by atoms with E-state index >= 15 is 0 Å². The van der Waals surface area contributed by atoms with Crippen LogP contribution in [-0.2, 0) is 6.42 Å². The molecular formula is C19H20N3O3S+. The van der Waals surface area contributed by atoms with Crippen LogP contribution in [0.2, 0.25) is 0 Å². The van der Waals surface area contributed by atoms with Gasteiger partial charge in [-0.3, -0.25) is 0 Å². The van der Waals surface area contributed by atoms with Gasteiger partial charge in [0.15, 0.2) is 22.8 Å². The third-order valence-electron chi connectivity index (χ3n) is 5.08. The summed E-state index contributed by atoms with van der Waals surface area (Å²) in [7, 11) is 3.88. The number of thiazole rings is 1. The molecule has 26 heavy (non-hydrogen) atoms. The van der Waals surface area contributed by atoms with Crippen molar-refractivity contribution in [3.63, 3.8) is 0 Å². The van der Waals surface area contributed by atoms with Crippen molar-refractivity contribution in [1.82, 2.24) is 4.98 Å². The molecule has 2 aromatic carbocycles. The lowest BCUT2D eigenvalue weighted by atomic mass is 9.95. The second-order valence-corrected chi connectivity index (χ2v) is 7.66. The number of hydrogen-bond acceptors (Lipinski definition) is 6. The SMILES string of the molecule is COc1c2c(cc3c1[C@@H](Nc1nc4ccccc4s1)[NH+](C)CC3)OCO2. The summed E-state index contributed by atoms with van der Waals surface area (Å²) in [5.41, 5.74) is 3.40. The Morgan fingerprint density at radius 3 is 3.04 bits per heavy atom. The number of methoxy groups -OCH3 is 1. The van der Waals surface area contributed by atoms with E-state index in [4.69, 9.17) is 19.2 Å². The van der Waals surface area contributed by atoms with E-state index in [1.54, 1.807) is 18.4 Å². The Labute approximate surface area is 155 Å². The van der Waals surface area contributed by atoms with E-state index in [9.17, 15) is 0 Å². The number of anilines is 1. The maximum atomic E-state index is 5.76. The fourth-order valence-electron chi connectivity index (χ4n) is 3.78. The number of nitrogens with one attached hydrogen (secondary N) is 2. The predicted molar refractivity (Wildman–Crippen MR) is 101 cm³/mol. The lowest BCUT2D eigenvalue weighted by molar-refractivity contribution is -0.910. The minimum absolute atomic E-state index is 0.0452. The van der Waals surface area contributed by atoms with E-state index in [2.05, 4.69) is 24.5 Å². The van der Waals surface area contributed by atoms with E-state index in [1.807, 2.05) is 18.2 Å². The Kier molecular flexibility index (Phi) is 3.65. The maximum Gasteiger partial charge on any atom is 0.231 e. The standard InChI is InChI=1S/C19H19N3O3S/c1-22-8-7-11-9-13-16(25-10-24-13)17(23-2)15(11)18(22)21-19-20-12-5-3-4-6-14(12)26-19/h3-6,9,18H,7-8,10H2,1-2H3,(H,20,21)/p+1/t18-/m0/s1. The molecule has 2 atom stereocenters. The average molecular weight is 370 g/mol. The largest absolute Gasteiger partial charge is 0.492 e. The summed E-state index contributed by atoms with van der Waals surface area (Å²) in [5, 5.41) is 4.56. The van der Waals surface area contributed by atoms with Crippen LogP contribution in [-0.4, -0.2) is 32.5 Å². The summed E-state index contributed by atoms with van der Waals surface area (Å²) < 4.78 is 18.2. The number of para-hydroxylation sites is 1. The molecule has 0 fully saturated rings. The molecule has 0 aliphatic carbocycles. The first-order valence-corrected chi connectivity index (χ1v) is 9.50. The van der Waals surface area contributed by atoms with Crippen molar-refractivity contribution in [3.8, 4) is 17.2 Å². The van der Waals surface area contributed by atoms with Crippen LogP contribution in [0.15, 0.2) is 30.3 Å². The molecule has 0 spiro atoms.